The Morgan fingerprint density at radius 1 is 1.20 bits per heavy atom. The van der Waals surface area contributed by atoms with Crippen molar-refractivity contribution in [1.82, 2.24) is 4.98 Å². The maximum absolute atomic E-state index is 12.3. The third-order valence-electron chi connectivity index (χ3n) is 3.63. The van der Waals surface area contributed by atoms with Gasteiger partial charge in [0.25, 0.3) is 11.8 Å². The maximum atomic E-state index is 12.3. The molecular weight excluding hydrogens is 342 g/mol. The fraction of sp³-hybridized carbons (Fsp3) is 0.118. The minimum Gasteiger partial charge on any atom is -0.449 e. The summed E-state index contributed by atoms with van der Waals surface area (Å²) in [7, 11) is 0. The minimum atomic E-state index is -1.04. The number of aromatic amines is 1. The average molecular weight is 357 g/mol. The molecule has 25 heavy (non-hydrogen) atoms. The van der Waals surface area contributed by atoms with Gasteiger partial charge in [0.05, 0.1) is 11.1 Å². The van der Waals surface area contributed by atoms with Crippen molar-refractivity contribution in [2.45, 2.75) is 13.0 Å². The smallest absolute Gasteiger partial charge is 0.341 e. The molecule has 3 rings (SSSR count). The number of nitrogens with two attached hydrogens (primary N) is 1. The number of esters is 1. The SMILES string of the molecule is C[C@@H](OC(=O)c1c[nH]c2ccccc12)C(=O)Nc1sccc1C(N)=O. The summed E-state index contributed by atoms with van der Waals surface area (Å²) in [6.07, 6.45) is 0.506. The van der Waals surface area contributed by atoms with E-state index >= 15 is 0 Å². The fourth-order valence-corrected chi connectivity index (χ4v) is 3.13. The monoisotopic (exact) mass is 357 g/mol. The van der Waals surface area contributed by atoms with E-state index in [0.29, 0.717) is 10.6 Å². The summed E-state index contributed by atoms with van der Waals surface area (Å²) in [4.78, 5) is 38.8. The predicted octanol–water partition coefficient (Wildman–Crippen LogP) is 2.51. The van der Waals surface area contributed by atoms with Crippen LogP contribution in [0.25, 0.3) is 10.9 Å². The Hall–Kier alpha value is -3.13. The number of rotatable bonds is 5. The lowest BCUT2D eigenvalue weighted by molar-refractivity contribution is -0.123. The van der Waals surface area contributed by atoms with Crippen LogP contribution in [-0.2, 0) is 9.53 Å². The molecule has 0 bridgehead atoms. The first-order valence-corrected chi connectivity index (χ1v) is 8.30. The molecule has 1 aromatic carbocycles. The van der Waals surface area contributed by atoms with E-state index < -0.39 is 23.9 Å². The number of para-hydroxylation sites is 1. The molecule has 0 radical (unpaired) electrons. The van der Waals surface area contributed by atoms with Gasteiger partial charge in [0, 0.05) is 17.1 Å². The van der Waals surface area contributed by atoms with Crippen molar-refractivity contribution in [3.8, 4) is 0 Å². The van der Waals surface area contributed by atoms with E-state index in [1.165, 1.54) is 13.0 Å². The number of carbonyl (C=O) groups is 3. The van der Waals surface area contributed by atoms with Crippen LogP contribution < -0.4 is 11.1 Å². The summed E-state index contributed by atoms with van der Waals surface area (Å²) in [5.74, 6) is -1.79. The lowest BCUT2D eigenvalue weighted by atomic mass is 10.2. The van der Waals surface area contributed by atoms with Crippen molar-refractivity contribution in [1.29, 1.82) is 0 Å². The third-order valence-corrected chi connectivity index (χ3v) is 4.46. The molecule has 2 heterocycles. The van der Waals surface area contributed by atoms with Crippen molar-refractivity contribution in [3.05, 3.63) is 53.0 Å². The number of H-pyrrole nitrogens is 1. The number of nitrogens with one attached hydrogen (secondary N) is 2. The molecule has 0 aliphatic rings. The van der Waals surface area contributed by atoms with Crippen LogP contribution in [0.2, 0.25) is 0 Å². The zero-order valence-corrected chi connectivity index (χ0v) is 14.1. The number of aromatic nitrogens is 1. The lowest BCUT2D eigenvalue weighted by Gasteiger charge is -2.13. The van der Waals surface area contributed by atoms with E-state index in [1.54, 1.807) is 17.6 Å². The van der Waals surface area contributed by atoms with Crippen LogP contribution in [0.3, 0.4) is 0 Å². The Labute approximate surface area is 146 Å². The first-order valence-electron chi connectivity index (χ1n) is 7.42. The number of hydrogen-bond donors (Lipinski definition) is 3. The molecule has 0 aliphatic heterocycles. The summed E-state index contributed by atoms with van der Waals surface area (Å²) < 4.78 is 5.23. The van der Waals surface area contributed by atoms with Gasteiger partial charge in [0.15, 0.2) is 6.10 Å². The van der Waals surface area contributed by atoms with E-state index in [0.717, 1.165) is 22.2 Å². The normalized spacial score (nSPS) is 11.9. The van der Waals surface area contributed by atoms with E-state index in [4.69, 9.17) is 10.5 Å². The molecule has 128 valence electrons. The van der Waals surface area contributed by atoms with Crippen LogP contribution in [0.1, 0.15) is 27.6 Å². The third kappa shape index (κ3) is 3.38. The molecule has 3 aromatic rings. The summed E-state index contributed by atoms with van der Waals surface area (Å²) in [6.45, 7) is 1.46. The fourth-order valence-electron chi connectivity index (χ4n) is 2.33. The van der Waals surface area contributed by atoms with Gasteiger partial charge in [-0.15, -0.1) is 11.3 Å². The molecule has 0 saturated carbocycles. The average Bonchev–Trinajstić information content (AvgIpc) is 3.21. The molecule has 0 spiro atoms. The Morgan fingerprint density at radius 2 is 1.96 bits per heavy atom. The number of primary amides is 1. The van der Waals surface area contributed by atoms with Gasteiger partial charge in [0.1, 0.15) is 5.00 Å². The lowest BCUT2D eigenvalue weighted by Crippen LogP contribution is -2.30. The van der Waals surface area contributed by atoms with Gasteiger partial charge in [-0.1, -0.05) is 18.2 Å². The zero-order valence-electron chi connectivity index (χ0n) is 13.2. The Bertz CT molecular complexity index is 960. The number of carbonyl (C=O) groups excluding carboxylic acids is 3. The molecular formula is C17H15N3O4S. The number of thiophene rings is 1. The maximum Gasteiger partial charge on any atom is 0.341 e. The predicted molar refractivity (Wildman–Crippen MR) is 94.6 cm³/mol. The van der Waals surface area contributed by atoms with Gasteiger partial charge in [-0.2, -0.15) is 0 Å². The van der Waals surface area contributed by atoms with Crippen molar-refractivity contribution in [2.24, 2.45) is 5.73 Å². The van der Waals surface area contributed by atoms with E-state index in [-0.39, 0.29) is 5.56 Å². The second kappa shape index (κ2) is 6.78. The van der Waals surface area contributed by atoms with E-state index in [2.05, 4.69) is 10.3 Å². The summed E-state index contributed by atoms with van der Waals surface area (Å²) in [5, 5.41) is 5.23. The number of amides is 2. The van der Waals surface area contributed by atoms with Gasteiger partial charge in [-0.25, -0.2) is 4.79 Å². The van der Waals surface area contributed by atoms with Gasteiger partial charge >= 0.3 is 5.97 Å². The van der Waals surface area contributed by atoms with Crippen LogP contribution in [0.4, 0.5) is 5.00 Å². The Balaban J connectivity index is 1.70. The number of anilines is 1. The number of fused-ring (bicyclic) bond motifs is 1. The number of benzene rings is 1. The largest absolute Gasteiger partial charge is 0.449 e. The molecule has 2 amide bonds. The van der Waals surface area contributed by atoms with Gasteiger partial charge in [0.2, 0.25) is 0 Å². The molecule has 2 aromatic heterocycles. The summed E-state index contributed by atoms with van der Waals surface area (Å²) >= 11 is 1.16. The molecule has 7 nitrogen and oxygen atoms in total. The minimum absolute atomic E-state index is 0.216. The highest BCUT2D eigenvalue weighted by molar-refractivity contribution is 7.14. The summed E-state index contributed by atoms with van der Waals surface area (Å²) in [5.41, 5.74) is 6.61. The molecule has 1 atom stereocenters. The van der Waals surface area contributed by atoms with Crippen LogP contribution in [0.5, 0.6) is 0 Å². The molecule has 0 aliphatic carbocycles. The van der Waals surface area contributed by atoms with Crippen molar-refractivity contribution >= 4 is 45.0 Å². The number of hydrogen-bond acceptors (Lipinski definition) is 5. The quantitative estimate of drug-likeness (QED) is 0.609. The summed E-state index contributed by atoms with van der Waals surface area (Å²) in [6, 6.07) is 8.81. The molecule has 0 saturated heterocycles. The Morgan fingerprint density at radius 3 is 2.72 bits per heavy atom. The second-order valence-corrected chi connectivity index (χ2v) is 6.23. The first-order chi connectivity index (χ1) is 12.0. The zero-order chi connectivity index (χ0) is 18.0. The molecule has 4 N–H and O–H groups in total. The molecule has 0 unspecified atom stereocenters. The van der Waals surface area contributed by atoms with Crippen LogP contribution in [0, 0.1) is 0 Å². The first kappa shape index (κ1) is 16.7. The highest BCUT2D eigenvalue weighted by atomic mass is 32.1. The second-order valence-electron chi connectivity index (χ2n) is 5.31. The van der Waals surface area contributed by atoms with Crippen LogP contribution in [0.15, 0.2) is 41.9 Å². The van der Waals surface area contributed by atoms with E-state index in [9.17, 15) is 14.4 Å². The topological polar surface area (TPSA) is 114 Å². The van der Waals surface area contributed by atoms with Crippen molar-refractivity contribution < 1.29 is 19.1 Å². The molecule has 0 fully saturated rings. The van der Waals surface area contributed by atoms with Crippen LogP contribution >= 0.6 is 11.3 Å². The van der Waals surface area contributed by atoms with Crippen LogP contribution in [-0.4, -0.2) is 28.9 Å². The van der Waals surface area contributed by atoms with Gasteiger partial charge in [-0.05, 0) is 24.4 Å². The highest BCUT2D eigenvalue weighted by Crippen LogP contribution is 2.23. The number of ether oxygens (including phenoxy) is 1. The molecule has 8 heteroatoms. The Kier molecular flexibility index (Phi) is 4.53. The van der Waals surface area contributed by atoms with Gasteiger partial charge in [-0.3, -0.25) is 9.59 Å². The van der Waals surface area contributed by atoms with E-state index in [1.807, 2.05) is 18.2 Å². The van der Waals surface area contributed by atoms with Crippen molar-refractivity contribution in [3.63, 3.8) is 0 Å². The standard InChI is InChI=1S/C17H15N3O4S/c1-9(15(22)20-16-11(14(18)21)6-7-25-16)24-17(23)12-8-19-13-5-3-2-4-10(12)13/h2-9,19H,1H3,(H2,18,21)(H,20,22)/t9-/m1/s1. The van der Waals surface area contributed by atoms with Crippen molar-refractivity contribution in [2.75, 3.05) is 5.32 Å². The highest BCUT2D eigenvalue weighted by Gasteiger charge is 2.22. The van der Waals surface area contributed by atoms with Gasteiger partial charge < -0.3 is 20.8 Å².